The molecule has 0 fully saturated rings. The smallest absolute Gasteiger partial charge is 0.217 e. The zero-order chi connectivity index (χ0) is 7.56. The van der Waals surface area contributed by atoms with Gasteiger partial charge >= 0.3 is 0 Å². The van der Waals surface area contributed by atoms with E-state index < -0.39 is 0 Å². The molecule has 0 spiro atoms. The Kier molecular flexibility index (Phi) is 2.10. The largest absolute Gasteiger partial charge is 0.350 e. The molecule has 0 saturated heterocycles. The highest BCUT2D eigenvalue weighted by Crippen LogP contribution is 2.16. The van der Waals surface area contributed by atoms with Gasteiger partial charge < -0.3 is 5.32 Å². The molecule has 1 amide bonds. The van der Waals surface area contributed by atoms with Gasteiger partial charge in [-0.15, -0.1) is 0 Å². The summed E-state index contributed by atoms with van der Waals surface area (Å²) in [5, 5.41) is 2.86. The Balaban J connectivity index is 2.38. The SMILES string of the molecule is CC(=O)NC1C=C(C)CC1. The maximum atomic E-state index is 10.6. The molecule has 0 aromatic carbocycles. The molecular weight excluding hydrogens is 126 g/mol. The molecule has 1 N–H and O–H groups in total. The fourth-order valence-corrected chi connectivity index (χ4v) is 1.27. The van der Waals surface area contributed by atoms with Crippen LogP contribution in [-0.4, -0.2) is 11.9 Å². The number of amides is 1. The molecule has 0 bridgehead atoms. The predicted molar refractivity (Wildman–Crippen MR) is 40.6 cm³/mol. The van der Waals surface area contributed by atoms with Crippen LogP contribution in [0.1, 0.15) is 26.7 Å². The second-order valence-corrected chi connectivity index (χ2v) is 2.86. The molecule has 0 heterocycles. The lowest BCUT2D eigenvalue weighted by atomic mass is 10.2. The first-order valence-electron chi connectivity index (χ1n) is 3.63. The molecule has 1 aliphatic carbocycles. The number of carbonyl (C=O) groups is 1. The van der Waals surface area contributed by atoms with E-state index in [1.165, 1.54) is 5.57 Å². The third-order valence-corrected chi connectivity index (χ3v) is 1.72. The Morgan fingerprint density at radius 1 is 1.80 bits per heavy atom. The molecular formula is C8H13NO. The average Bonchev–Trinajstić information content (AvgIpc) is 2.13. The lowest BCUT2D eigenvalue weighted by Crippen LogP contribution is -2.29. The minimum absolute atomic E-state index is 0.0657. The Bertz CT molecular complexity index is 172. The molecule has 0 aromatic rings. The number of hydrogen-bond donors (Lipinski definition) is 1. The Labute approximate surface area is 61.3 Å². The van der Waals surface area contributed by atoms with E-state index >= 15 is 0 Å². The van der Waals surface area contributed by atoms with Crippen LogP contribution in [0, 0.1) is 0 Å². The molecule has 0 aliphatic heterocycles. The van der Waals surface area contributed by atoms with Gasteiger partial charge in [-0.05, 0) is 19.8 Å². The highest BCUT2D eigenvalue weighted by molar-refractivity contribution is 5.73. The van der Waals surface area contributed by atoms with Crippen molar-refractivity contribution < 1.29 is 4.79 Å². The summed E-state index contributed by atoms with van der Waals surface area (Å²) < 4.78 is 0. The summed E-state index contributed by atoms with van der Waals surface area (Å²) in [5.74, 6) is 0.0657. The van der Waals surface area contributed by atoms with E-state index in [-0.39, 0.29) is 5.91 Å². The van der Waals surface area contributed by atoms with E-state index in [1.807, 2.05) is 0 Å². The highest BCUT2D eigenvalue weighted by Gasteiger charge is 2.12. The molecule has 56 valence electrons. The van der Waals surface area contributed by atoms with Crippen LogP contribution in [0.25, 0.3) is 0 Å². The van der Waals surface area contributed by atoms with Gasteiger partial charge in [0.1, 0.15) is 0 Å². The molecule has 0 saturated carbocycles. The van der Waals surface area contributed by atoms with Crippen LogP contribution in [0.4, 0.5) is 0 Å². The third kappa shape index (κ3) is 1.87. The zero-order valence-electron chi connectivity index (χ0n) is 6.48. The Morgan fingerprint density at radius 2 is 2.50 bits per heavy atom. The summed E-state index contributed by atoms with van der Waals surface area (Å²) in [6.45, 7) is 3.66. The van der Waals surface area contributed by atoms with Crippen molar-refractivity contribution in [2.45, 2.75) is 32.7 Å². The molecule has 1 rings (SSSR count). The summed E-state index contributed by atoms with van der Waals surface area (Å²) in [6, 6.07) is 0.303. The van der Waals surface area contributed by atoms with Crippen LogP contribution in [-0.2, 0) is 4.79 Å². The van der Waals surface area contributed by atoms with Crippen LogP contribution >= 0.6 is 0 Å². The van der Waals surface area contributed by atoms with E-state index in [0.29, 0.717) is 6.04 Å². The standard InChI is InChI=1S/C8H13NO/c1-6-3-4-8(5-6)9-7(2)10/h5,8H,3-4H2,1-2H3,(H,9,10). The first kappa shape index (κ1) is 7.32. The average molecular weight is 139 g/mol. The number of rotatable bonds is 1. The molecule has 2 heteroatoms. The van der Waals surface area contributed by atoms with Crippen LogP contribution in [0.2, 0.25) is 0 Å². The van der Waals surface area contributed by atoms with Gasteiger partial charge in [0.2, 0.25) is 5.91 Å². The summed E-state index contributed by atoms with van der Waals surface area (Å²) in [5.41, 5.74) is 1.39. The highest BCUT2D eigenvalue weighted by atomic mass is 16.1. The lowest BCUT2D eigenvalue weighted by molar-refractivity contribution is -0.119. The van der Waals surface area contributed by atoms with Crippen LogP contribution in [0.15, 0.2) is 11.6 Å². The van der Waals surface area contributed by atoms with E-state index in [4.69, 9.17) is 0 Å². The van der Waals surface area contributed by atoms with Crippen LogP contribution < -0.4 is 5.32 Å². The summed E-state index contributed by atoms with van der Waals surface area (Å²) in [7, 11) is 0. The number of carbonyl (C=O) groups excluding carboxylic acids is 1. The van der Waals surface area contributed by atoms with Crippen LogP contribution in [0.5, 0.6) is 0 Å². The second-order valence-electron chi connectivity index (χ2n) is 2.86. The third-order valence-electron chi connectivity index (χ3n) is 1.72. The lowest BCUT2D eigenvalue weighted by Gasteiger charge is -2.06. The van der Waals surface area contributed by atoms with Gasteiger partial charge in [-0.3, -0.25) is 4.79 Å². The van der Waals surface area contributed by atoms with Gasteiger partial charge in [-0.25, -0.2) is 0 Å². The normalized spacial score (nSPS) is 24.2. The minimum atomic E-state index is 0.0657. The zero-order valence-corrected chi connectivity index (χ0v) is 6.48. The predicted octanol–water partition coefficient (Wildman–Crippen LogP) is 1.23. The van der Waals surface area contributed by atoms with Crippen molar-refractivity contribution in [2.75, 3.05) is 0 Å². The molecule has 0 radical (unpaired) electrons. The van der Waals surface area contributed by atoms with Crippen molar-refractivity contribution in [3.8, 4) is 0 Å². The quantitative estimate of drug-likeness (QED) is 0.544. The van der Waals surface area contributed by atoms with Gasteiger partial charge in [0.15, 0.2) is 0 Å². The first-order chi connectivity index (χ1) is 4.68. The number of allylic oxidation sites excluding steroid dienone is 1. The van der Waals surface area contributed by atoms with Gasteiger partial charge in [-0.1, -0.05) is 11.6 Å². The number of nitrogens with one attached hydrogen (secondary N) is 1. The topological polar surface area (TPSA) is 29.1 Å². The van der Waals surface area contributed by atoms with Crippen molar-refractivity contribution in [2.24, 2.45) is 0 Å². The van der Waals surface area contributed by atoms with E-state index in [1.54, 1.807) is 6.92 Å². The summed E-state index contributed by atoms with van der Waals surface area (Å²) >= 11 is 0. The first-order valence-corrected chi connectivity index (χ1v) is 3.63. The summed E-state index contributed by atoms with van der Waals surface area (Å²) in [6.07, 6.45) is 4.33. The van der Waals surface area contributed by atoms with Crippen LogP contribution in [0.3, 0.4) is 0 Å². The molecule has 1 aliphatic rings. The monoisotopic (exact) mass is 139 g/mol. The van der Waals surface area contributed by atoms with Crippen molar-refractivity contribution in [3.05, 3.63) is 11.6 Å². The van der Waals surface area contributed by atoms with Crippen molar-refractivity contribution in [1.82, 2.24) is 5.32 Å². The fraction of sp³-hybridized carbons (Fsp3) is 0.625. The van der Waals surface area contributed by atoms with Gasteiger partial charge in [0.25, 0.3) is 0 Å². The van der Waals surface area contributed by atoms with Crippen molar-refractivity contribution in [3.63, 3.8) is 0 Å². The van der Waals surface area contributed by atoms with Gasteiger partial charge in [-0.2, -0.15) is 0 Å². The second kappa shape index (κ2) is 2.86. The molecule has 1 atom stereocenters. The molecule has 0 aromatic heterocycles. The van der Waals surface area contributed by atoms with Gasteiger partial charge in [0.05, 0.1) is 0 Å². The Hall–Kier alpha value is -0.790. The fourth-order valence-electron chi connectivity index (χ4n) is 1.27. The maximum absolute atomic E-state index is 10.6. The van der Waals surface area contributed by atoms with Crippen molar-refractivity contribution >= 4 is 5.91 Å². The van der Waals surface area contributed by atoms with E-state index in [9.17, 15) is 4.79 Å². The van der Waals surface area contributed by atoms with Crippen molar-refractivity contribution in [1.29, 1.82) is 0 Å². The molecule has 10 heavy (non-hydrogen) atoms. The summed E-state index contributed by atoms with van der Waals surface area (Å²) in [4.78, 5) is 10.6. The molecule has 1 unspecified atom stereocenters. The van der Waals surface area contributed by atoms with Gasteiger partial charge in [0, 0.05) is 13.0 Å². The maximum Gasteiger partial charge on any atom is 0.217 e. The van der Waals surface area contributed by atoms with E-state index in [0.717, 1.165) is 12.8 Å². The Morgan fingerprint density at radius 3 is 2.90 bits per heavy atom. The number of hydrogen-bond acceptors (Lipinski definition) is 1. The molecule has 2 nitrogen and oxygen atoms in total. The minimum Gasteiger partial charge on any atom is -0.350 e. The van der Waals surface area contributed by atoms with E-state index in [2.05, 4.69) is 18.3 Å².